The van der Waals surface area contributed by atoms with Gasteiger partial charge in [-0.15, -0.1) is 0 Å². The minimum Gasteiger partial charge on any atom is -0.492 e. The summed E-state index contributed by atoms with van der Waals surface area (Å²) in [6.45, 7) is 2.71. The molecule has 0 fully saturated rings. The Morgan fingerprint density at radius 2 is 1.54 bits per heavy atom. The monoisotopic (exact) mass is 649 g/mol. The zero-order chi connectivity index (χ0) is 30.3. The van der Waals surface area contributed by atoms with Crippen LogP contribution in [0.25, 0.3) is 0 Å². The number of phosphoric ester groups is 1. The molecular weight excluding hydrogens is 608 g/mol. The van der Waals surface area contributed by atoms with Crippen LogP contribution in [-0.2, 0) is 9.36 Å². The number of halogens is 2. The number of thioether (sulfide) groups is 1. The topological polar surface area (TPSA) is 128 Å². The maximum atomic E-state index is 12.8. The fourth-order valence-electron chi connectivity index (χ4n) is 4.30. The van der Waals surface area contributed by atoms with E-state index in [-0.39, 0.29) is 21.5 Å². The number of aliphatic carboxylic acids is 1. The van der Waals surface area contributed by atoms with Crippen LogP contribution in [0, 0.1) is 0 Å². The molecule has 41 heavy (non-hydrogen) atoms. The number of carboxylic acids is 1. The summed E-state index contributed by atoms with van der Waals surface area (Å²) in [5.41, 5.74) is 6.41. The second-order valence-corrected chi connectivity index (χ2v) is 12.9. The fourth-order valence-corrected chi connectivity index (χ4v) is 6.33. The molecule has 0 saturated heterocycles. The second-order valence-electron chi connectivity index (χ2n) is 9.89. The summed E-state index contributed by atoms with van der Waals surface area (Å²) in [5, 5.41) is 9.57. The fraction of sp³-hybridized carbons (Fsp3) is 0.552. The van der Waals surface area contributed by atoms with Crippen LogP contribution in [0.4, 0.5) is 0 Å². The van der Waals surface area contributed by atoms with Crippen molar-refractivity contribution in [1.82, 2.24) is 0 Å². The Morgan fingerprint density at radius 1 is 0.951 bits per heavy atom. The first-order valence-corrected chi connectivity index (χ1v) is 17.6. The maximum Gasteiger partial charge on any atom is 0.584 e. The quantitative estimate of drug-likeness (QED) is 0.0898. The van der Waals surface area contributed by atoms with Gasteiger partial charge in [0.05, 0.1) is 16.7 Å². The first-order chi connectivity index (χ1) is 19.6. The number of nitrogens with two attached hydrogens (primary N) is 1. The molecule has 0 aliphatic carbocycles. The second kappa shape index (κ2) is 18.8. The first-order valence-electron chi connectivity index (χ1n) is 14.0. The molecular formula is C29H42Cl2NO7PS. The van der Waals surface area contributed by atoms with Gasteiger partial charge in [-0.05, 0) is 30.4 Å². The first kappa shape index (κ1) is 35.6. The smallest absolute Gasteiger partial charge is 0.492 e. The number of hydrogen-bond donors (Lipinski definition) is 3. The molecule has 0 amide bonds. The van der Waals surface area contributed by atoms with Crippen LogP contribution < -0.4 is 19.5 Å². The van der Waals surface area contributed by atoms with E-state index in [4.69, 9.17) is 42.7 Å². The number of unbranched alkanes of at least 4 members (excludes halogenated alkanes) is 9. The molecule has 2 rings (SSSR count). The number of phosphoric acid groups is 1. The van der Waals surface area contributed by atoms with Crippen LogP contribution in [0.5, 0.6) is 17.2 Å². The zero-order valence-corrected chi connectivity index (χ0v) is 27.0. The number of ether oxygens (including phenoxy) is 1. The third kappa shape index (κ3) is 13.1. The lowest BCUT2D eigenvalue weighted by Gasteiger charge is -2.21. The summed E-state index contributed by atoms with van der Waals surface area (Å²) in [5.74, 6) is -1.02. The Kier molecular flexibility index (Phi) is 16.3. The van der Waals surface area contributed by atoms with Crippen molar-refractivity contribution in [3.63, 3.8) is 0 Å². The van der Waals surface area contributed by atoms with E-state index in [1.54, 1.807) is 12.1 Å². The highest BCUT2D eigenvalue weighted by Gasteiger charge is 2.29. The molecule has 0 radical (unpaired) electrons. The summed E-state index contributed by atoms with van der Waals surface area (Å²) in [4.78, 5) is 21.9. The van der Waals surface area contributed by atoms with Gasteiger partial charge in [-0.25, -0.2) is 4.57 Å². The van der Waals surface area contributed by atoms with Crippen LogP contribution in [0.15, 0.2) is 36.4 Å². The van der Waals surface area contributed by atoms with E-state index < -0.39 is 25.8 Å². The van der Waals surface area contributed by atoms with Crippen molar-refractivity contribution >= 4 is 48.8 Å². The van der Waals surface area contributed by atoms with E-state index >= 15 is 0 Å². The number of hydrogen-bond acceptors (Lipinski definition) is 7. The van der Waals surface area contributed by atoms with Crippen molar-refractivity contribution in [2.45, 2.75) is 83.1 Å². The van der Waals surface area contributed by atoms with E-state index in [1.165, 1.54) is 81.0 Å². The van der Waals surface area contributed by atoms with Gasteiger partial charge in [0.15, 0.2) is 5.75 Å². The largest absolute Gasteiger partial charge is 0.584 e. The van der Waals surface area contributed by atoms with E-state index in [1.807, 2.05) is 6.26 Å². The molecule has 230 valence electrons. The van der Waals surface area contributed by atoms with Crippen LogP contribution in [0.2, 0.25) is 10.0 Å². The Balaban J connectivity index is 1.90. The van der Waals surface area contributed by atoms with E-state index in [0.29, 0.717) is 23.7 Å². The number of carboxylic acid groups (broad SMARTS) is 1. The molecule has 0 spiro atoms. The number of benzene rings is 2. The molecule has 0 aliphatic rings. The van der Waals surface area contributed by atoms with Crippen molar-refractivity contribution in [1.29, 1.82) is 0 Å². The molecule has 4 N–H and O–H groups in total. The summed E-state index contributed by atoms with van der Waals surface area (Å²) in [7, 11) is -4.69. The molecule has 12 heteroatoms. The lowest BCUT2D eigenvalue weighted by atomic mass is 9.93. The normalized spacial score (nSPS) is 14.2. The molecule has 0 aliphatic heterocycles. The molecule has 3 atom stereocenters. The van der Waals surface area contributed by atoms with E-state index in [2.05, 4.69) is 6.92 Å². The van der Waals surface area contributed by atoms with E-state index in [9.17, 15) is 19.4 Å². The zero-order valence-electron chi connectivity index (χ0n) is 23.7. The van der Waals surface area contributed by atoms with Gasteiger partial charge in [-0.1, -0.05) is 100 Å². The molecule has 2 aromatic rings. The highest BCUT2D eigenvalue weighted by atomic mass is 35.5. The molecule has 2 aromatic carbocycles. The molecule has 0 saturated carbocycles. The van der Waals surface area contributed by atoms with Crippen molar-refractivity contribution in [3.05, 3.63) is 52.0 Å². The minimum absolute atomic E-state index is 0.00990. The van der Waals surface area contributed by atoms with Gasteiger partial charge in [0.2, 0.25) is 0 Å². The van der Waals surface area contributed by atoms with Gasteiger partial charge in [0.1, 0.15) is 17.5 Å². The summed E-state index contributed by atoms with van der Waals surface area (Å²) >= 11 is 14.1. The molecule has 0 aromatic heterocycles. The van der Waals surface area contributed by atoms with Crippen LogP contribution in [0.3, 0.4) is 0 Å². The molecule has 3 unspecified atom stereocenters. The average molecular weight is 651 g/mol. The minimum atomic E-state index is -4.69. The third-order valence-electron chi connectivity index (χ3n) is 6.53. The van der Waals surface area contributed by atoms with Crippen molar-refractivity contribution in [3.8, 4) is 17.2 Å². The van der Waals surface area contributed by atoms with Crippen molar-refractivity contribution in [2.24, 2.45) is 5.73 Å². The van der Waals surface area contributed by atoms with E-state index in [0.717, 1.165) is 19.3 Å². The highest BCUT2D eigenvalue weighted by molar-refractivity contribution is 7.98. The maximum absolute atomic E-state index is 12.8. The van der Waals surface area contributed by atoms with Crippen LogP contribution >= 0.6 is 42.8 Å². The molecule has 8 nitrogen and oxygen atoms in total. The Bertz CT molecular complexity index is 1140. The van der Waals surface area contributed by atoms with Crippen molar-refractivity contribution in [2.75, 3.05) is 18.6 Å². The van der Waals surface area contributed by atoms with Gasteiger partial charge >= 0.3 is 13.8 Å². The summed E-state index contributed by atoms with van der Waals surface area (Å²) in [6, 6.07) is 7.78. The predicted octanol–water partition coefficient (Wildman–Crippen LogP) is 8.71. The van der Waals surface area contributed by atoms with Gasteiger partial charge in [-0.2, -0.15) is 11.8 Å². The van der Waals surface area contributed by atoms with Crippen molar-refractivity contribution < 1.29 is 33.1 Å². The molecule has 0 heterocycles. The number of carbonyl (C=O) groups is 1. The van der Waals surface area contributed by atoms with Gasteiger partial charge < -0.3 is 24.6 Å². The number of rotatable bonds is 21. The lowest BCUT2D eigenvalue weighted by Crippen LogP contribution is -2.37. The van der Waals surface area contributed by atoms with Gasteiger partial charge in [0, 0.05) is 23.8 Å². The Hall–Kier alpha value is -1.61. The van der Waals surface area contributed by atoms with Crippen LogP contribution in [0.1, 0.15) is 82.6 Å². The summed E-state index contributed by atoms with van der Waals surface area (Å²) < 4.78 is 29.0. The summed E-state index contributed by atoms with van der Waals surface area (Å²) in [6.07, 6.45) is 14.0. The van der Waals surface area contributed by atoms with Gasteiger partial charge in [0.25, 0.3) is 0 Å². The Labute approximate surface area is 257 Å². The third-order valence-corrected chi connectivity index (χ3v) is 8.68. The van der Waals surface area contributed by atoms with Gasteiger partial charge in [-0.3, -0.25) is 9.69 Å². The average Bonchev–Trinajstić information content (AvgIpc) is 2.92. The standard InChI is InChI=1S/C29H42Cl2NO7PS/c1-3-4-5-6-7-8-9-10-11-12-16-37-26-18-25(31)27(19-24(26)30)39-40(35,36)38-22-15-13-14-21(17-22)23(20-41-2)28(32)29(33)34/h13-15,17-19,23,28H,3-12,16,20,32H2,1-2H3,(H,33,34)(H,35,36). The lowest BCUT2D eigenvalue weighted by molar-refractivity contribution is -0.138. The Morgan fingerprint density at radius 3 is 2.15 bits per heavy atom. The molecule has 0 bridgehead atoms. The predicted molar refractivity (Wildman–Crippen MR) is 168 cm³/mol. The SMILES string of the molecule is CCCCCCCCCCCCOc1cc(Cl)c(OP(=O)(O)Oc2cccc(C(CSC)C(N)C(=O)O)c2)cc1Cl. The van der Waals surface area contributed by atoms with Crippen LogP contribution in [-0.4, -0.2) is 40.6 Å². The highest BCUT2D eigenvalue weighted by Crippen LogP contribution is 2.48.